The Morgan fingerprint density at radius 3 is 3.09 bits per heavy atom. The van der Waals surface area contributed by atoms with Crippen LogP contribution in [0.3, 0.4) is 0 Å². The number of H-pyrrole nitrogens is 1. The molecule has 0 amide bonds. The minimum atomic E-state index is -0.117. The summed E-state index contributed by atoms with van der Waals surface area (Å²) in [5, 5.41) is 7.12. The van der Waals surface area contributed by atoms with Gasteiger partial charge in [-0.15, -0.1) is 0 Å². The Hall–Kier alpha value is -2.22. The predicted octanol–water partition coefficient (Wildman–Crippen LogP) is 0.216. The summed E-state index contributed by atoms with van der Waals surface area (Å²) in [6.07, 6.45) is 4.10. The SMILES string of the molecule is Cc1nc([C@@H]2CCO[C@@H]2CN(C)c2nccn(C)c2=O)n[nH]1. The summed E-state index contributed by atoms with van der Waals surface area (Å²) in [6, 6.07) is 0. The van der Waals surface area contributed by atoms with Gasteiger partial charge >= 0.3 is 0 Å². The van der Waals surface area contributed by atoms with Gasteiger partial charge in [0.15, 0.2) is 11.6 Å². The number of hydrogen-bond donors (Lipinski definition) is 1. The molecule has 0 aliphatic carbocycles. The fraction of sp³-hybridized carbons (Fsp3) is 0.571. The van der Waals surface area contributed by atoms with Crippen molar-refractivity contribution >= 4 is 5.82 Å². The summed E-state index contributed by atoms with van der Waals surface area (Å²) in [7, 11) is 3.57. The van der Waals surface area contributed by atoms with Gasteiger partial charge in [-0.3, -0.25) is 9.89 Å². The molecule has 1 fully saturated rings. The van der Waals surface area contributed by atoms with E-state index in [1.165, 1.54) is 4.57 Å². The van der Waals surface area contributed by atoms with Crippen molar-refractivity contribution in [1.29, 1.82) is 0 Å². The molecule has 3 rings (SSSR count). The van der Waals surface area contributed by atoms with Gasteiger partial charge in [-0.05, 0) is 13.3 Å². The molecule has 1 aliphatic heterocycles. The maximum Gasteiger partial charge on any atom is 0.293 e. The van der Waals surface area contributed by atoms with Gasteiger partial charge in [-0.25, -0.2) is 9.97 Å². The summed E-state index contributed by atoms with van der Waals surface area (Å²) in [5.74, 6) is 2.14. The summed E-state index contributed by atoms with van der Waals surface area (Å²) < 4.78 is 7.34. The van der Waals surface area contributed by atoms with Crippen molar-refractivity contribution < 1.29 is 4.74 Å². The molecular weight excluding hydrogens is 284 g/mol. The highest BCUT2D eigenvalue weighted by Gasteiger charge is 2.33. The van der Waals surface area contributed by atoms with Crippen LogP contribution in [0.1, 0.15) is 24.0 Å². The van der Waals surface area contributed by atoms with E-state index >= 15 is 0 Å². The number of hydrogen-bond acceptors (Lipinski definition) is 6. The number of aromatic amines is 1. The van der Waals surface area contributed by atoms with Crippen molar-refractivity contribution in [3.8, 4) is 0 Å². The second kappa shape index (κ2) is 5.88. The summed E-state index contributed by atoms with van der Waals surface area (Å²) in [4.78, 5) is 22.6. The summed E-state index contributed by atoms with van der Waals surface area (Å²) in [6.45, 7) is 3.13. The highest BCUT2D eigenvalue weighted by molar-refractivity contribution is 5.34. The van der Waals surface area contributed by atoms with E-state index in [-0.39, 0.29) is 17.6 Å². The third kappa shape index (κ3) is 2.74. The molecule has 0 spiro atoms. The number of likely N-dealkylation sites (N-methyl/N-ethyl adjacent to an activating group) is 1. The van der Waals surface area contributed by atoms with Gasteiger partial charge in [-0.2, -0.15) is 5.10 Å². The minimum absolute atomic E-state index is 0.0492. The Morgan fingerprint density at radius 2 is 2.36 bits per heavy atom. The lowest BCUT2D eigenvalue weighted by molar-refractivity contribution is 0.108. The third-order valence-electron chi connectivity index (χ3n) is 3.97. The third-order valence-corrected chi connectivity index (χ3v) is 3.97. The highest BCUT2D eigenvalue weighted by Crippen LogP contribution is 2.29. The second-order valence-corrected chi connectivity index (χ2v) is 5.63. The lowest BCUT2D eigenvalue weighted by atomic mass is 10.0. The maximum atomic E-state index is 12.1. The lowest BCUT2D eigenvalue weighted by Crippen LogP contribution is -2.37. The molecule has 8 heteroatoms. The normalized spacial score (nSPS) is 21.2. The van der Waals surface area contributed by atoms with Gasteiger partial charge in [0.1, 0.15) is 5.82 Å². The van der Waals surface area contributed by atoms with Gasteiger partial charge in [0.2, 0.25) is 0 Å². The van der Waals surface area contributed by atoms with Crippen molar-refractivity contribution in [3.63, 3.8) is 0 Å². The first-order valence-corrected chi connectivity index (χ1v) is 7.29. The van der Waals surface area contributed by atoms with Crippen LogP contribution in [-0.2, 0) is 11.8 Å². The number of anilines is 1. The van der Waals surface area contributed by atoms with E-state index in [1.54, 1.807) is 19.4 Å². The molecule has 2 aromatic heterocycles. The van der Waals surface area contributed by atoms with Crippen molar-refractivity contribution in [3.05, 3.63) is 34.4 Å². The molecule has 0 unspecified atom stereocenters. The van der Waals surface area contributed by atoms with Crippen LogP contribution in [0.25, 0.3) is 0 Å². The Labute approximate surface area is 128 Å². The standard InChI is InChI=1S/C14H20N6O2/c1-9-16-12(18-17-9)10-4-7-22-11(10)8-20(3)13-14(21)19(2)6-5-15-13/h5-6,10-11H,4,7-8H2,1-3H3,(H,16,17,18)/t10-,11-/m1/s1. The van der Waals surface area contributed by atoms with Crippen molar-refractivity contribution in [2.75, 3.05) is 25.1 Å². The predicted molar refractivity (Wildman–Crippen MR) is 81.0 cm³/mol. The van der Waals surface area contributed by atoms with E-state index in [9.17, 15) is 4.79 Å². The zero-order valence-electron chi connectivity index (χ0n) is 13.0. The van der Waals surface area contributed by atoms with Crippen molar-refractivity contribution in [1.82, 2.24) is 24.7 Å². The van der Waals surface area contributed by atoms with E-state index < -0.39 is 0 Å². The van der Waals surface area contributed by atoms with Crippen LogP contribution in [0.4, 0.5) is 5.82 Å². The van der Waals surface area contributed by atoms with Crippen molar-refractivity contribution in [2.45, 2.75) is 25.4 Å². The number of aryl methyl sites for hydroxylation is 2. The Kier molecular flexibility index (Phi) is 3.93. The summed E-state index contributed by atoms with van der Waals surface area (Å²) >= 11 is 0. The molecular formula is C14H20N6O2. The first-order chi connectivity index (χ1) is 10.6. The molecule has 0 bridgehead atoms. The van der Waals surface area contributed by atoms with Crippen LogP contribution < -0.4 is 10.5 Å². The molecule has 1 N–H and O–H groups in total. The fourth-order valence-corrected chi connectivity index (χ4v) is 2.75. The summed E-state index contributed by atoms with van der Waals surface area (Å²) in [5.41, 5.74) is -0.117. The number of nitrogens with zero attached hydrogens (tertiary/aromatic N) is 5. The number of aromatic nitrogens is 5. The zero-order chi connectivity index (χ0) is 15.7. The zero-order valence-corrected chi connectivity index (χ0v) is 13.0. The van der Waals surface area contributed by atoms with Crippen molar-refractivity contribution in [2.24, 2.45) is 7.05 Å². The maximum absolute atomic E-state index is 12.1. The van der Waals surface area contributed by atoms with Gasteiger partial charge in [0.05, 0.1) is 12.0 Å². The number of ether oxygens (including phenoxy) is 1. The van der Waals surface area contributed by atoms with Gasteiger partial charge in [0, 0.05) is 39.6 Å². The van der Waals surface area contributed by atoms with E-state index in [1.807, 2.05) is 18.9 Å². The van der Waals surface area contributed by atoms with Gasteiger partial charge in [-0.1, -0.05) is 0 Å². The monoisotopic (exact) mass is 304 g/mol. The smallest absolute Gasteiger partial charge is 0.293 e. The molecule has 8 nitrogen and oxygen atoms in total. The highest BCUT2D eigenvalue weighted by atomic mass is 16.5. The number of rotatable bonds is 4. The largest absolute Gasteiger partial charge is 0.376 e. The lowest BCUT2D eigenvalue weighted by Gasteiger charge is -2.24. The molecule has 2 atom stereocenters. The second-order valence-electron chi connectivity index (χ2n) is 5.63. The first-order valence-electron chi connectivity index (χ1n) is 7.29. The average molecular weight is 304 g/mol. The average Bonchev–Trinajstić information content (AvgIpc) is 3.10. The minimum Gasteiger partial charge on any atom is -0.376 e. The number of nitrogens with one attached hydrogen (secondary N) is 1. The topological polar surface area (TPSA) is 88.9 Å². The fourth-order valence-electron chi connectivity index (χ4n) is 2.75. The Morgan fingerprint density at radius 1 is 1.55 bits per heavy atom. The molecule has 1 saturated heterocycles. The molecule has 118 valence electrons. The van der Waals surface area contributed by atoms with Gasteiger partial charge in [0.25, 0.3) is 5.56 Å². The Bertz CT molecular complexity index is 709. The van der Waals surface area contributed by atoms with Gasteiger partial charge < -0.3 is 14.2 Å². The van der Waals surface area contributed by atoms with Crippen LogP contribution in [0, 0.1) is 6.92 Å². The van der Waals surface area contributed by atoms with E-state index in [0.29, 0.717) is 19.0 Å². The van der Waals surface area contributed by atoms with Crippen LogP contribution in [0.5, 0.6) is 0 Å². The molecule has 0 saturated carbocycles. The Balaban J connectivity index is 1.77. The molecule has 22 heavy (non-hydrogen) atoms. The van der Waals surface area contributed by atoms with Crippen LogP contribution in [0.2, 0.25) is 0 Å². The van der Waals surface area contributed by atoms with E-state index in [4.69, 9.17) is 4.74 Å². The van der Waals surface area contributed by atoms with Crippen LogP contribution in [0.15, 0.2) is 17.2 Å². The molecule has 0 aromatic carbocycles. The molecule has 2 aromatic rings. The quantitative estimate of drug-likeness (QED) is 0.869. The van der Waals surface area contributed by atoms with E-state index in [2.05, 4.69) is 20.2 Å². The molecule has 3 heterocycles. The van der Waals surface area contributed by atoms with Crippen LogP contribution >= 0.6 is 0 Å². The van der Waals surface area contributed by atoms with E-state index in [0.717, 1.165) is 18.1 Å². The van der Waals surface area contributed by atoms with Crippen LogP contribution in [-0.4, -0.2) is 51.0 Å². The molecule has 1 aliphatic rings. The molecule has 0 radical (unpaired) electrons. The first kappa shape index (κ1) is 14.7.